The van der Waals surface area contributed by atoms with Crippen LogP contribution in [0.2, 0.25) is 0 Å². The van der Waals surface area contributed by atoms with E-state index in [0.29, 0.717) is 0 Å². The molecule has 0 atom stereocenters. The van der Waals surface area contributed by atoms with Gasteiger partial charge in [-0.2, -0.15) is 42.5 Å². The second kappa shape index (κ2) is 11.0. The summed E-state index contributed by atoms with van der Waals surface area (Å²) in [6.07, 6.45) is -3.20. The Hall–Kier alpha value is -2.63. The van der Waals surface area contributed by atoms with Gasteiger partial charge in [0.05, 0.1) is 0 Å². The first-order chi connectivity index (χ1) is 13.8. The molecule has 0 saturated carbocycles. The molecule has 0 aliphatic carbocycles. The summed E-state index contributed by atoms with van der Waals surface area (Å²) in [5.74, 6) is -3.19. The first-order valence-corrected chi connectivity index (χ1v) is 7.77. The number of hydrogen-bond acceptors (Lipinski definition) is 4. The standard InChI is InChI=1S/C18H11F5N3O.Na.O2/c19-13-6-3-7-14(20)16(13)17(27)24-15-8-9-26(25-15)10-11-4-1-2-5-12(11)18(21,22)23;;1-2/h1,3-9H,10H2,(H,24,25,27);;/q-1;+1;. The summed E-state index contributed by atoms with van der Waals surface area (Å²) in [5.41, 5.74) is -1.66. The van der Waals surface area contributed by atoms with Crippen molar-refractivity contribution >= 4 is 11.7 Å². The summed E-state index contributed by atoms with van der Waals surface area (Å²) >= 11 is 0. The van der Waals surface area contributed by atoms with Gasteiger partial charge in [0.15, 0.2) is 5.82 Å². The predicted molar refractivity (Wildman–Crippen MR) is 92.7 cm³/mol. The van der Waals surface area contributed by atoms with Gasteiger partial charge in [-0.25, -0.2) is 8.78 Å². The third-order valence-electron chi connectivity index (χ3n) is 3.66. The molecule has 3 rings (SSSR count). The van der Waals surface area contributed by atoms with Crippen LogP contribution in [0.4, 0.5) is 27.8 Å². The van der Waals surface area contributed by atoms with Crippen molar-refractivity contribution in [2.45, 2.75) is 12.7 Å². The summed E-state index contributed by atoms with van der Waals surface area (Å²) in [5, 5.41) is 6.13. The van der Waals surface area contributed by atoms with E-state index in [1.807, 2.05) is 0 Å². The molecule has 6 nitrogen and oxygen atoms in total. The Kier molecular flexibility index (Phi) is 9.27. The topological polar surface area (TPSA) is 81.1 Å². The number of rotatable bonds is 4. The van der Waals surface area contributed by atoms with Crippen LogP contribution in [0.5, 0.6) is 0 Å². The van der Waals surface area contributed by atoms with Crippen molar-refractivity contribution < 1.29 is 56.3 Å². The number of alkyl halides is 3. The van der Waals surface area contributed by atoms with Crippen LogP contribution in [0.1, 0.15) is 21.5 Å². The molecule has 0 bridgehead atoms. The van der Waals surface area contributed by atoms with Crippen molar-refractivity contribution in [3.63, 3.8) is 0 Å². The molecule has 152 valence electrons. The molecule has 0 aliphatic heterocycles. The zero-order chi connectivity index (χ0) is 21.6. The number of anilines is 1. The summed E-state index contributed by atoms with van der Waals surface area (Å²) in [6.45, 7) is -0.215. The van der Waals surface area contributed by atoms with Crippen LogP contribution in [0.25, 0.3) is 0 Å². The average Bonchev–Trinajstić information content (AvgIpc) is 3.09. The van der Waals surface area contributed by atoms with E-state index in [-0.39, 0.29) is 47.5 Å². The van der Waals surface area contributed by atoms with E-state index in [9.17, 15) is 26.7 Å². The maximum absolute atomic E-state index is 13.6. The molecule has 0 fully saturated rings. The summed E-state index contributed by atoms with van der Waals surface area (Å²) < 4.78 is 67.4. The van der Waals surface area contributed by atoms with Gasteiger partial charge in [-0.1, -0.05) is 6.07 Å². The second-order valence-corrected chi connectivity index (χ2v) is 5.53. The van der Waals surface area contributed by atoms with Crippen LogP contribution in [0.15, 0.2) is 48.7 Å². The van der Waals surface area contributed by atoms with Crippen molar-refractivity contribution in [1.29, 1.82) is 0 Å². The first kappa shape index (κ1) is 25.4. The zero-order valence-electron chi connectivity index (χ0n) is 15.3. The molecule has 1 heterocycles. The fourth-order valence-corrected chi connectivity index (χ4v) is 2.45. The Labute approximate surface area is 188 Å². The van der Waals surface area contributed by atoms with Crippen molar-refractivity contribution in [1.82, 2.24) is 9.78 Å². The van der Waals surface area contributed by atoms with Gasteiger partial charge < -0.3 is 5.32 Å². The molecule has 3 aromatic rings. The Morgan fingerprint density at radius 2 is 1.73 bits per heavy atom. The number of hydrogen-bond donors (Lipinski definition) is 1. The number of amides is 1. The van der Waals surface area contributed by atoms with Crippen LogP contribution in [-0.2, 0) is 12.7 Å². The van der Waals surface area contributed by atoms with Gasteiger partial charge in [0.1, 0.15) is 17.2 Å². The molecule has 0 unspecified atom stereocenters. The van der Waals surface area contributed by atoms with Crippen molar-refractivity contribution in [2.24, 2.45) is 0 Å². The van der Waals surface area contributed by atoms with E-state index < -0.39 is 34.8 Å². The fourth-order valence-electron chi connectivity index (χ4n) is 2.45. The third kappa shape index (κ3) is 6.18. The maximum Gasteiger partial charge on any atom is 1.00 e. The van der Waals surface area contributed by atoms with E-state index in [0.717, 1.165) is 28.9 Å². The molecule has 12 heteroatoms. The van der Waals surface area contributed by atoms with E-state index >= 15 is 0 Å². The Bertz CT molecular complexity index is 990. The van der Waals surface area contributed by atoms with Crippen LogP contribution >= 0.6 is 0 Å². The minimum atomic E-state index is -4.54. The van der Waals surface area contributed by atoms with Crippen molar-refractivity contribution in [2.75, 3.05) is 5.32 Å². The van der Waals surface area contributed by atoms with E-state index in [1.165, 1.54) is 24.4 Å². The van der Waals surface area contributed by atoms with Gasteiger partial charge in [0.2, 0.25) is 0 Å². The van der Waals surface area contributed by atoms with Crippen LogP contribution in [-0.4, -0.2) is 15.7 Å². The van der Waals surface area contributed by atoms with Gasteiger partial charge in [-0.3, -0.25) is 9.48 Å². The van der Waals surface area contributed by atoms with E-state index in [4.69, 9.17) is 9.93 Å². The number of nitrogens with zero attached hydrogens (tertiary/aromatic N) is 2. The normalized spacial score (nSPS) is 10.4. The second-order valence-electron chi connectivity index (χ2n) is 5.53. The van der Waals surface area contributed by atoms with Gasteiger partial charge >= 0.3 is 35.7 Å². The Morgan fingerprint density at radius 1 is 1.10 bits per heavy atom. The van der Waals surface area contributed by atoms with Gasteiger partial charge in [-0.05, 0) is 17.7 Å². The minimum absolute atomic E-state index is 0. The van der Waals surface area contributed by atoms with E-state index in [1.54, 1.807) is 0 Å². The van der Waals surface area contributed by atoms with E-state index in [2.05, 4.69) is 16.5 Å². The van der Waals surface area contributed by atoms with Crippen molar-refractivity contribution in [3.8, 4) is 0 Å². The largest absolute Gasteiger partial charge is 1.00 e. The average molecular weight is 435 g/mol. The van der Waals surface area contributed by atoms with Crippen LogP contribution in [0.3, 0.4) is 0 Å². The van der Waals surface area contributed by atoms with Crippen LogP contribution < -0.4 is 34.9 Å². The molecule has 30 heavy (non-hydrogen) atoms. The molecule has 2 aromatic carbocycles. The van der Waals surface area contributed by atoms with Gasteiger partial charge in [0, 0.05) is 28.7 Å². The predicted octanol–water partition coefficient (Wildman–Crippen LogP) is 1.35. The van der Waals surface area contributed by atoms with Crippen molar-refractivity contribution in [3.05, 3.63) is 93.0 Å². The van der Waals surface area contributed by atoms with Gasteiger partial charge in [0.25, 0.3) is 5.91 Å². The van der Waals surface area contributed by atoms with Crippen LogP contribution in [0, 0.1) is 27.6 Å². The zero-order valence-corrected chi connectivity index (χ0v) is 17.3. The maximum atomic E-state index is 13.6. The smallest absolute Gasteiger partial charge is 0.305 e. The Balaban J connectivity index is 0.00000146. The molecule has 0 aliphatic rings. The summed E-state index contributed by atoms with van der Waals surface area (Å²) in [4.78, 5) is 26.0. The molecular weight excluding hydrogens is 424 g/mol. The minimum Gasteiger partial charge on any atom is -0.305 e. The number of halogens is 5. The fraction of sp³-hybridized carbons (Fsp3) is 0.111. The molecule has 0 radical (unpaired) electrons. The molecule has 1 aromatic heterocycles. The number of nitrogens with one attached hydrogen (secondary N) is 1. The summed E-state index contributed by atoms with van der Waals surface area (Å²) in [6, 6.07) is 10.1. The number of carbonyl (C=O) groups is 1. The monoisotopic (exact) mass is 435 g/mol. The number of aromatic nitrogens is 2. The Morgan fingerprint density at radius 3 is 2.33 bits per heavy atom. The molecular formula is C18H11F5N3NaO3. The third-order valence-corrected chi connectivity index (χ3v) is 3.66. The molecule has 1 N–H and O–H groups in total. The van der Waals surface area contributed by atoms with Gasteiger partial charge in [-0.15, -0.1) is 5.56 Å². The first-order valence-electron chi connectivity index (χ1n) is 7.77. The number of benzene rings is 2. The molecule has 1 amide bonds. The molecule has 0 saturated heterocycles. The number of carbonyl (C=O) groups excluding carboxylic acids is 1. The summed E-state index contributed by atoms with van der Waals surface area (Å²) in [7, 11) is 0. The SMILES string of the molecule is O=C(Nc1ccn(Cc2cc[c-]cc2C(F)(F)F)n1)c1c(F)cccc1F.O=O.[Na+]. The quantitative estimate of drug-likeness (QED) is 0.381. The molecule has 0 spiro atoms.